The largest absolute Gasteiger partial charge is 0.432 e. The molecule has 5 atom stereocenters. The van der Waals surface area contributed by atoms with Crippen LogP contribution in [0.15, 0.2) is 0 Å². The molecule has 5 unspecified atom stereocenters. The van der Waals surface area contributed by atoms with Gasteiger partial charge in [0.25, 0.3) is 0 Å². The molecule has 1 rings (SSSR count). The van der Waals surface area contributed by atoms with E-state index >= 15 is 0 Å². The molecule has 0 bridgehead atoms. The fraction of sp³-hybridized carbons (Fsp3) is 0.700. The third-order valence-corrected chi connectivity index (χ3v) is 3.55. The molecule has 9 heteroatoms. The molecule has 0 aromatic carbocycles. The summed E-state index contributed by atoms with van der Waals surface area (Å²) in [6.45, 7) is 3.11. The third kappa shape index (κ3) is 3.99. The van der Waals surface area contributed by atoms with E-state index < -0.39 is 38.9 Å². The van der Waals surface area contributed by atoms with E-state index in [1.165, 1.54) is 6.92 Å². The average molecular weight is 286 g/mol. The van der Waals surface area contributed by atoms with Crippen LogP contribution in [0.25, 0.3) is 0 Å². The second-order valence-electron chi connectivity index (χ2n) is 4.45. The van der Waals surface area contributed by atoms with Gasteiger partial charge in [-0.25, -0.2) is 0 Å². The average Bonchev–Trinajstić information content (AvgIpc) is 2.31. The topological polar surface area (TPSA) is 105 Å². The Morgan fingerprint density at radius 2 is 2.21 bits per heavy atom. The van der Waals surface area contributed by atoms with Gasteiger partial charge in [-0.2, -0.15) is 0 Å². The summed E-state index contributed by atoms with van der Waals surface area (Å²) in [5.41, 5.74) is 0. The van der Waals surface area contributed by atoms with Gasteiger partial charge in [-0.05, 0) is 6.92 Å². The molecule has 0 aromatic heterocycles. The minimum absolute atomic E-state index is 0.281. The quantitative estimate of drug-likeness (QED) is 0.235. The van der Waals surface area contributed by atoms with Crippen LogP contribution in [0.3, 0.4) is 0 Å². The molecule has 1 amide bonds. The Morgan fingerprint density at radius 1 is 1.58 bits per heavy atom. The summed E-state index contributed by atoms with van der Waals surface area (Å²) in [7, 11) is 4.54. The van der Waals surface area contributed by atoms with Crippen LogP contribution in [-0.4, -0.2) is 42.9 Å². The molecule has 0 aliphatic carbocycles. The van der Waals surface area contributed by atoms with E-state index in [-0.39, 0.29) is 18.1 Å². The molecule has 3 N–H and O–H groups in total. The highest BCUT2D eigenvalue weighted by molar-refractivity contribution is 7.32. The van der Waals surface area contributed by atoms with Crippen LogP contribution >= 0.6 is 8.96 Å². The molecule has 1 saturated heterocycles. The van der Waals surface area contributed by atoms with E-state index in [0.29, 0.717) is 0 Å². The number of aliphatic hydroxyl groups is 1. The fourth-order valence-corrected chi connectivity index (χ4v) is 2.24. The lowest BCUT2D eigenvalue weighted by molar-refractivity contribution is -0.145. The molecule has 0 aromatic rings. The number of hydrogen-bond acceptors (Lipinski definition) is 6. The zero-order valence-corrected chi connectivity index (χ0v) is 11.7. The molecule has 104 valence electrons. The summed E-state index contributed by atoms with van der Waals surface area (Å²) >= 11 is 0. The Labute approximate surface area is 114 Å². The van der Waals surface area contributed by atoms with Crippen molar-refractivity contribution < 1.29 is 24.0 Å². The van der Waals surface area contributed by atoms with E-state index in [2.05, 4.69) is 14.8 Å². The highest BCUT2D eigenvalue weighted by atomic mass is 31.1. The van der Waals surface area contributed by atoms with Crippen molar-refractivity contribution in [3.63, 3.8) is 0 Å². The number of rotatable bonds is 7. The molecule has 1 heterocycles. The number of carbonyl (C=O) groups is 3. The summed E-state index contributed by atoms with van der Waals surface area (Å²) in [5, 5.41) is 12.0. The van der Waals surface area contributed by atoms with Crippen LogP contribution in [0.5, 0.6) is 0 Å². The molecular formula is C10H16BN2O5P. The van der Waals surface area contributed by atoms with Crippen LogP contribution in [0.2, 0.25) is 0 Å². The van der Waals surface area contributed by atoms with Crippen LogP contribution in [0.4, 0.5) is 0 Å². The molecule has 7 nitrogen and oxygen atoms in total. The van der Waals surface area contributed by atoms with Crippen LogP contribution in [0.1, 0.15) is 20.3 Å². The van der Waals surface area contributed by atoms with E-state index in [1.807, 2.05) is 0 Å². The maximum Gasteiger partial charge on any atom is 0.316 e. The second-order valence-corrected chi connectivity index (χ2v) is 5.15. The highest BCUT2D eigenvalue weighted by Crippen LogP contribution is 2.26. The normalized spacial score (nSPS) is 25.5. The first-order chi connectivity index (χ1) is 8.88. The van der Waals surface area contributed by atoms with Gasteiger partial charge in [0.05, 0.1) is 18.1 Å². The van der Waals surface area contributed by atoms with Gasteiger partial charge < -0.3 is 19.9 Å². The summed E-state index contributed by atoms with van der Waals surface area (Å²) in [4.78, 5) is 36.5. The zero-order valence-electron chi connectivity index (χ0n) is 10.7. The van der Waals surface area contributed by atoms with Crippen molar-refractivity contribution in [3.05, 3.63) is 0 Å². The first-order valence-corrected chi connectivity index (χ1v) is 6.70. The molecule has 1 fully saturated rings. The van der Waals surface area contributed by atoms with Gasteiger partial charge in [0, 0.05) is 5.92 Å². The van der Waals surface area contributed by atoms with Gasteiger partial charge in [-0.1, -0.05) is 6.92 Å². The summed E-state index contributed by atoms with van der Waals surface area (Å²) in [6, 6.07) is -0.442. The number of hydrogen-bond donors (Lipinski definition) is 3. The monoisotopic (exact) mass is 286 g/mol. The van der Waals surface area contributed by atoms with Crippen molar-refractivity contribution in [1.29, 1.82) is 0 Å². The molecule has 0 saturated carbocycles. The van der Waals surface area contributed by atoms with E-state index in [1.54, 1.807) is 6.92 Å². The van der Waals surface area contributed by atoms with Crippen LogP contribution < -0.4 is 10.3 Å². The zero-order chi connectivity index (χ0) is 14.6. The number of Topliss-reactive ketones (excluding diaryl/α,β-unsaturated/α-hetero) is 1. The van der Waals surface area contributed by atoms with Gasteiger partial charge in [-0.15, -0.1) is 0 Å². The van der Waals surface area contributed by atoms with Crippen molar-refractivity contribution in [2.45, 2.75) is 32.4 Å². The maximum atomic E-state index is 11.8. The predicted molar refractivity (Wildman–Crippen MR) is 69.2 cm³/mol. The molecular weight excluding hydrogens is 270 g/mol. The predicted octanol–water partition coefficient (Wildman–Crippen LogP) is -1.20. The maximum absolute atomic E-state index is 11.8. The minimum Gasteiger partial charge on any atom is -0.432 e. The minimum atomic E-state index is -0.830. The summed E-state index contributed by atoms with van der Waals surface area (Å²) < 4.78 is 4.63. The lowest BCUT2D eigenvalue weighted by atomic mass is 9.77. The summed E-state index contributed by atoms with van der Waals surface area (Å²) in [6.07, 6.45) is -1.21. The number of nitrogens with one attached hydrogen (secondary N) is 2. The Balaban J connectivity index is 2.49. The van der Waals surface area contributed by atoms with Crippen molar-refractivity contribution >= 4 is 34.6 Å². The third-order valence-electron chi connectivity index (χ3n) is 3.11. The Bertz CT molecular complexity index is 379. The van der Waals surface area contributed by atoms with Gasteiger partial charge in [0.2, 0.25) is 5.91 Å². The van der Waals surface area contributed by atoms with Gasteiger partial charge in [0.15, 0.2) is 7.98 Å². The number of β-lactam (4-membered cyclic amide) rings is 1. The number of ketones is 1. The van der Waals surface area contributed by atoms with Crippen molar-refractivity contribution in [2.24, 2.45) is 11.8 Å². The van der Waals surface area contributed by atoms with E-state index in [9.17, 15) is 19.5 Å². The van der Waals surface area contributed by atoms with Crippen molar-refractivity contribution in [2.75, 3.05) is 0 Å². The number of carbonyl (C=O) groups excluding carboxylic acids is 3. The lowest BCUT2D eigenvalue weighted by Gasteiger charge is -2.41. The standard InChI is InChI=1S/C10H16BN2O5P/c1-4(6(15)3-7(16)18-19-13-11)9-8(5(2)14)10(17)12-9/h4-5,8-9,13-14,19H,3H2,1-2H3,(H,12,17). The Morgan fingerprint density at radius 3 is 2.68 bits per heavy atom. The Kier molecular flexibility index (Phi) is 5.91. The van der Waals surface area contributed by atoms with Gasteiger partial charge >= 0.3 is 5.97 Å². The smallest absolute Gasteiger partial charge is 0.316 e. The molecule has 19 heavy (non-hydrogen) atoms. The number of aliphatic hydroxyl groups excluding tert-OH is 1. The second kappa shape index (κ2) is 6.98. The molecule has 2 radical (unpaired) electrons. The summed E-state index contributed by atoms with van der Waals surface area (Å²) in [5.74, 6) is -2.47. The number of amides is 1. The Hall–Kier alpha value is -0.975. The van der Waals surface area contributed by atoms with Crippen molar-refractivity contribution in [3.8, 4) is 0 Å². The van der Waals surface area contributed by atoms with E-state index in [4.69, 9.17) is 7.98 Å². The van der Waals surface area contributed by atoms with Crippen LogP contribution in [0, 0.1) is 11.8 Å². The van der Waals surface area contributed by atoms with Gasteiger partial charge in [0.1, 0.15) is 21.2 Å². The van der Waals surface area contributed by atoms with Crippen LogP contribution in [-0.2, 0) is 18.9 Å². The molecule has 1 aliphatic rings. The first-order valence-electron chi connectivity index (χ1n) is 5.80. The lowest BCUT2D eigenvalue weighted by Crippen LogP contribution is -2.65. The van der Waals surface area contributed by atoms with Crippen molar-refractivity contribution in [1.82, 2.24) is 10.3 Å². The van der Waals surface area contributed by atoms with E-state index in [0.717, 1.165) is 0 Å². The fourth-order valence-electron chi connectivity index (χ4n) is 2.00. The SMILES string of the molecule is [B]NPOC(=O)CC(=O)C(C)C1NC(=O)C1C(C)O. The molecule has 0 spiro atoms. The van der Waals surface area contributed by atoms with Gasteiger partial charge in [-0.3, -0.25) is 14.4 Å². The first kappa shape index (κ1) is 16.1. The molecule has 1 aliphatic heterocycles. The highest BCUT2D eigenvalue weighted by Gasteiger charge is 2.47.